The third-order valence-electron chi connectivity index (χ3n) is 4.48. The van der Waals surface area contributed by atoms with Crippen molar-refractivity contribution in [1.82, 2.24) is 10.2 Å². The number of carbonyl (C=O) groups is 2. The molecule has 8 heteroatoms. The zero-order chi connectivity index (χ0) is 21.7. The molecular formula is C22H22N2O4S2. The standard InChI is InChI=1S/C22H22N2O4S2/c1-3-28-18-11-16(9-10-17(18)25)12-19-21(27)24(22(29)30-19)14(2)20(26)23-13-15-7-5-4-6-8-15/h4-12,14,25H,3,13H2,1-2H3,(H,23,26)/b19-12-. The van der Waals surface area contributed by atoms with Crippen LogP contribution in [0.3, 0.4) is 0 Å². The van der Waals surface area contributed by atoms with E-state index in [1.54, 1.807) is 25.1 Å². The second-order valence-corrected chi connectivity index (χ2v) is 8.27. The minimum atomic E-state index is -0.731. The number of hydrogen-bond acceptors (Lipinski definition) is 6. The second kappa shape index (κ2) is 9.77. The summed E-state index contributed by atoms with van der Waals surface area (Å²) in [5.74, 6) is -0.223. The number of phenols is 1. The number of benzene rings is 2. The molecule has 3 rings (SSSR count). The Bertz CT molecular complexity index is 992. The number of rotatable bonds is 7. The fourth-order valence-corrected chi connectivity index (χ4v) is 4.33. The summed E-state index contributed by atoms with van der Waals surface area (Å²) in [5, 5.41) is 12.7. The molecule has 0 aliphatic carbocycles. The van der Waals surface area contributed by atoms with E-state index < -0.39 is 6.04 Å². The maximum absolute atomic E-state index is 12.9. The number of hydrogen-bond donors (Lipinski definition) is 2. The van der Waals surface area contributed by atoms with Crippen molar-refractivity contribution < 1.29 is 19.4 Å². The van der Waals surface area contributed by atoms with Crippen molar-refractivity contribution in [2.75, 3.05) is 6.61 Å². The Morgan fingerprint density at radius 3 is 2.73 bits per heavy atom. The van der Waals surface area contributed by atoms with Gasteiger partial charge in [0.1, 0.15) is 10.4 Å². The molecule has 1 atom stereocenters. The van der Waals surface area contributed by atoms with Crippen LogP contribution >= 0.6 is 24.0 Å². The van der Waals surface area contributed by atoms with Crippen molar-refractivity contribution in [2.24, 2.45) is 0 Å². The molecule has 1 saturated heterocycles. The largest absolute Gasteiger partial charge is 0.504 e. The molecule has 0 bridgehead atoms. The minimum Gasteiger partial charge on any atom is -0.504 e. The van der Waals surface area contributed by atoms with Crippen LogP contribution < -0.4 is 10.1 Å². The van der Waals surface area contributed by atoms with Gasteiger partial charge in [-0.3, -0.25) is 14.5 Å². The number of aromatic hydroxyl groups is 1. The molecule has 1 fully saturated rings. The van der Waals surface area contributed by atoms with Crippen LogP contribution in [-0.4, -0.2) is 38.8 Å². The van der Waals surface area contributed by atoms with E-state index in [4.69, 9.17) is 17.0 Å². The first kappa shape index (κ1) is 21.9. The molecule has 0 radical (unpaired) electrons. The molecule has 0 aromatic heterocycles. The van der Waals surface area contributed by atoms with Crippen LogP contribution in [0.25, 0.3) is 6.08 Å². The molecule has 1 aliphatic rings. The average molecular weight is 443 g/mol. The Kier molecular flexibility index (Phi) is 7.12. The molecule has 1 unspecified atom stereocenters. The van der Waals surface area contributed by atoms with Gasteiger partial charge >= 0.3 is 0 Å². The van der Waals surface area contributed by atoms with Crippen LogP contribution in [0.4, 0.5) is 0 Å². The fourth-order valence-electron chi connectivity index (χ4n) is 2.91. The van der Waals surface area contributed by atoms with Crippen LogP contribution in [0, 0.1) is 0 Å². The van der Waals surface area contributed by atoms with Gasteiger partial charge in [-0.1, -0.05) is 60.4 Å². The van der Waals surface area contributed by atoms with Gasteiger partial charge in [0.25, 0.3) is 5.91 Å². The quantitative estimate of drug-likeness (QED) is 0.503. The Morgan fingerprint density at radius 1 is 1.30 bits per heavy atom. The molecular weight excluding hydrogens is 420 g/mol. The highest BCUT2D eigenvalue weighted by Gasteiger charge is 2.38. The lowest BCUT2D eigenvalue weighted by Gasteiger charge is -2.22. The second-order valence-electron chi connectivity index (χ2n) is 6.59. The van der Waals surface area contributed by atoms with Gasteiger partial charge in [-0.05, 0) is 43.2 Å². The van der Waals surface area contributed by atoms with Crippen LogP contribution in [0.15, 0.2) is 53.4 Å². The number of thioether (sulfide) groups is 1. The van der Waals surface area contributed by atoms with E-state index in [9.17, 15) is 14.7 Å². The summed E-state index contributed by atoms with van der Waals surface area (Å²) in [7, 11) is 0. The lowest BCUT2D eigenvalue weighted by molar-refractivity contribution is -0.132. The Hall–Kier alpha value is -2.84. The van der Waals surface area contributed by atoms with Gasteiger partial charge in [0.15, 0.2) is 11.5 Å². The van der Waals surface area contributed by atoms with E-state index in [-0.39, 0.29) is 17.6 Å². The van der Waals surface area contributed by atoms with E-state index in [1.807, 2.05) is 37.3 Å². The maximum atomic E-state index is 12.9. The lowest BCUT2D eigenvalue weighted by Crippen LogP contribution is -2.46. The van der Waals surface area contributed by atoms with Crippen molar-refractivity contribution in [3.8, 4) is 11.5 Å². The fraction of sp³-hybridized carbons (Fsp3) is 0.227. The molecule has 2 aromatic rings. The first-order valence-corrected chi connectivity index (χ1v) is 10.7. The number of nitrogens with zero attached hydrogens (tertiary/aromatic N) is 1. The predicted octanol–water partition coefficient (Wildman–Crippen LogP) is 3.70. The van der Waals surface area contributed by atoms with Crippen LogP contribution in [0.2, 0.25) is 0 Å². The summed E-state index contributed by atoms with van der Waals surface area (Å²) < 4.78 is 5.71. The lowest BCUT2D eigenvalue weighted by atomic mass is 10.1. The van der Waals surface area contributed by atoms with Gasteiger partial charge in [0.05, 0.1) is 11.5 Å². The average Bonchev–Trinajstić information content (AvgIpc) is 3.02. The van der Waals surface area contributed by atoms with E-state index in [2.05, 4.69) is 5.32 Å². The number of nitrogens with one attached hydrogen (secondary N) is 1. The summed E-state index contributed by atoms with van der Waals surface area (Å²) in [4.78, 5) is 27.2. The topological polar surface area (TPSA) is 78.9 Å². The summed E-state index contributed by atoms with van der Waals surface area (Å²) in [6, 6.07) is 13.7. The van der Waals surface area contributed by atoms with Gasteiger partial charge in [-0.2, -0.15) is 0 Å². The van der Waals surface area contributed by atoms with E-state index in [1.165, 1.54) is 11.0 Å². The Morgan fingerprint density at radius 2 is 2.03 bits per heavy atom. The SMILES string of the molecule is CCOc1cc(/C=C2\SC(=S)N(C(C)C(=O)NCc3ccccc3)C2=O)ccc1O. The molecule has 1 heterocycles. The van der Waals surface area contributed by atoms with Crippen molar-refractivity contribution in [3.63, 3.8) is 0 Å². The van der Waals surface area contributed by atoms with Gasteiger partial charge in [0.2, 0.25) is 5.91 Å². The summed E-state index contributed by atoms with van der Waals surface area (Å²) in [5.41, 5.74) is 1.67. The first-order chi connectivity index (χ1) is 14.4. The molecule has 2 N–H and O–H groups in total. The monoisotopic (exact) mass is 442 g/mol. The predicted molar refractivity (Wildman–Crippen MR) is 122 cm³/mol. The van der Waals surface area contributed by atoms with Crippen molar-refractivity contribution in [3.05, 3.63) is 64.6 Å². The molecule has 1 aliphatic heterocycles. The van der Waals surface area contributed by atoms with Crippen molar-refractivity contribution in [1.29, 1.82) is 0 Å². The molecule has 2 aromatic carbocycles. The summed E-state index contributed by atoms with van der Waals surface area (Å²) >= 11 is 6.50. The van der Waals surface area contributed by atoms with Gasteiger partial charge in [0, 0.05) is 6.54 Å². The molecule has 0 saturated carbocycles. The Balaban J connectivity index is 1.71. The number of carbonyl (C=O) groups excluding carboxylic acids is 2. The minimum absolute atomic E-state index is 0.0326. The zero-order valence-electron chi connectivity index (χ0n) is 16.6. The third-order valence-corrected chi connectivity index (χ3v) is 5.81. The van der Waals surface area contributed by atoms with Crippen molar-refractivity contribution in [2.45, 2.75) is 26.4 Å². The van der Waals surface area contributed by atoms with Crippen LogP contribution in [0.1, 0.15) is 25.0 Å². The molecule has 2 amide bonds. The summed E-state index contributed by atoms with van der Waals surface area (Å²) in [6.45, 7) is 4.26. The van der Waals surface area contributed by atoms with E-state index in [0.717, 1.165) is 17.3 Å². The number of ether oxygens (including phenoxy) is 1. The number of thiocarbonyl (C=S) groups is 1. The smallest absolute Gasteiger partial charge is 0.266 e. The first-order valence-electron chi connectivity index (χ1n) is 9.45. The highest BCUT2D eigenvalue weighted by molar-refractivity contribution is 8.26. The van der Waals surface area contributed by atoms with Gasteiger partial charge < -0.3 is 15.2 Å². The molecule has 6 nitrogen and oxygen atoms in total. The Labute approximate surface area is 184 Å². The van der Waals surface area contributed by atoms with E-state index >= 15 is 0 Å². The summed E-state index contributed by atoms with van der Waals surface area (Å²) in [6.07, 6.45) is 1.68. The van der Waals surface area contributed by atoms with Crippen LogP contribution in [0.5, 0.6) is 11.5 Å². The highest BCUT2D eigenvalue weighted by Crippen LogP contribution is 2.35. The number of amides is 2. The molecule has 156 valence electrons. The molecule has 30 heavy (non-hydrogen) atoms. The maximum Gasteiger partial charge on any atom is 0.266 e. The number of phenolic OH excluding ortho intramolecular Hbond substituents is 1. The van der Waals surface area contributed by atoms with Gasteiger partial charge in [-0.25, -0.2) is 0 Å². The highest BCUT2D eigenvalue weighted by atomic mass is 32.2. The normalized spacial score (nSPS) is 16.1. The molecule has 0 spiro atoms. The third kappa shape index (κ3) is 5.01. The van der Waals surface area contributed by atoms with E-state index in [0.29, 0.717) is 33.7 Å². The van der Waals surface area contributed by atoms with Crippen LogP contribution in [-0.2, 0) is 16.1 Å². The zero-order valence-corrected chi connectivity index (χ0v) is 18.3. The van der Waals surface area contributed by atoms with Crippen molar-refractivity contribution >= 4 is 46.2 Å². The van der Waals surface area contributed by atoms with Gasteiger partial charge in [-0.15, -0.1) is 0 Å².